The molecule has 4 rings (SSSR count). The maximum absolute atomic E-state index is 13.5. The van der Waals surface area contributed by atoms with Gasteiger partial charge in [0.1, 0.15) is 11.5 Å². The average Bonchev–Trinajstić information content (AvgIpc) is 3.59. The molecule has 0 radical (unpaired) electrons. The molecule has 228 valence electrons. The van der Waals surface area contributed by atoms with Crippen molar-refractivity contribution >= 4 is 66.4 Å². The van der Waals surface area contributed by atoms with Crippen molar-refractivity contribution in [2.24, 2.45) is 5.92 Å². The largest absolute Gasteiger partial charge is 0.496 e. The molecule has 11 heteroatoms. The number of carbonyl (C=O) groups is 4. The number of hydrogen-bond donors (Lipinski definition) is 2. The molecule has 1 unspecified atom stereocenters. The molecule has 0 fully saturated rings. The van der Waals surface area contributed by atoms with Crippen LogP contribution >= 0.6 is 22.7 Å². The molecule has 0 aliphatic heterocycles. The molecule has 0 bridgehead atoms. The standard InChI is InChI=1S/C32H33FO8S2/c1-4-18(22-15-28-21(11-26(22)40-3)14-30(43-28)24(35)9-17(2)32(38)39)16-41-25-10-20-13-29(23(34)5-6-31(36)37)42-27(20)12-19(25)7-8-33/h10-15,17-18H,4-9,16H2,1-3H3,(H,36,37)(H,38,39)/t17-,18?/m0/s1. The van der Waals surface area contributed by atoms with E-state index < -0.39 is 24.5 Å². The van der Waals surface area contributed by atoms with Crippen LogP contribution < -0.4 is 9.47 Å². The monoisotopic (exact) mass is 628 g/mol. The van der Waals surface area contributed by atoms with Crippen molar-refractivity contribution in [2.75, 3.05) is 20.4 Å². The number of thiophene rings is 2. The highest BCUT2D eigenvalue weighted by molar-refractivity contribution is 7.21. The van der Waals surface area contributed by atoms with Gasteiger partial charge in [-0.05, 0) is 59.2 Å². The third kappa shape index (κ3) is 7.58. The summed E-state index contributed by atoms with van der Waals surface area (Å²) in [5.74, 6) is -2.23. The van der Waals surface area contributed by atoms with Gasteiger partial charge >= 0.3 is 11.9 Å². The van der Waals surface area contributed by atoms with Crippen molar-refractivity contribution in [2.45, 2.75) is 51.9 Å². The van der Waals surface area contributed by atoms with E-state index in [0.717, 1.165) is 25.7 Å². The lowest BCUT2D eigenvalue weighted by Crippen LogP contribution is -2.13. The van der Waals surface area contributed by atoms with Crippen molar-refractivity contribution in [1.82, 2.24) is 0 Å². The Kier molecular flexibility index (Phi) is 10.5. The van der Waals surface area contributed by atoms with Gasteiger partial charge < -0.3 is 19.7 Å². The molecule has 2 heterocycles. The molecule has 8 nitrogen and oxygen atoms in total. The Hall–Kier alpha value is -3.83. The second-order valence-electron chi connectivity index (χ2n) is 10.4. The fourth-order valence-electron chi connectivity index (χ4n) is 4.82. The van der Waals surface area contributed by atoms with E-state index in [0.29, 0.717) is 33.2 Å². The van der Waals surface area contributed by atoms with Crippen molar-refractivity contribution in [3.8, 4) is 11.5 Å². The van der Waals surface area contributed by atoms with Gasteiger partial charge in [0.25, 0.3) is 0 Å². The predicted octanol–water partition coefficient (Wildman–Crippen LogP) is 7.55. The van der Waals surface area contributed by atoms with Crippen LogP contribution in [0.4, 0.5) is 4.39 Å². The Morgan fingerprint density at radius 3 is 2.09 bits per heavy atom. The summed E-state index contributed by atoms with van der Waals surface area (Å²) in [6.07, 6.45) is 0.440. The molecular formula is C32H33FO8S2. The Morgan fingerprint density at radius 2 is 1.51 bits per heavy atom. The first-order valence-electron chi connectivity index (χ1n) is 13.9. The summed E-state index contributed by atoms with van der Waals surface area (Å²) >= 11 is 2.57. The fraction of sp³-hybridized carbons (Fsp3) is 0.375. The van der Waals surface area contributed by atoms with Gasteiger partial charge in [0.15, 0.2) is 11.6 Å². The fourth-order valence-corrected chi connectivity index (χ4v) is 6.94. The predicted molar refractivity (Wildman–Crippen MR) is 165 cm³/mol. The number of hydrogen-bond acceptors (Lipinski definition) is 8. The summed E-state index contributed by atoms with van der Waals surface area (Å²) in [6, 6.07) is 11.0. The lowest BCUT2D eigenvalue weighted by Gasteiger charge is -2.20. The van der Waals surface area contributed by atoms with E-state index in [-0.39, 0.29) is 49.8 Å². The maximum atomic E-state index is 13.5. The number of benzene rings is 2. The van der Waals surface area contributed by atoms with Crippen molar-refractivity contribution in [3.63, 3.8) is 0 Å². The van der Waals surface area contributed by atoms with Gasteiger partial charge in [-0.15, -0.1) is 22.7 Å². The zero-order valence-corrected chi connectivity index (χ0v) is 25.7. The number of fused-ring (bicyclic) bond motifs is 2. The van der Waals surface area contributed by atoms with Gasteiger partial charge in [0.2, 0.25) is 0 Å². The molecule has 0 amide bonds. The number of carboxylic acid groups (broad SMARTS) is 2. The van der Waals surface area contributed by atoms with E-state index in [1.54, 1.807) is 25.3 Å². The van der Waals surface area contributed by atoms with Gasteiger partial charge in [-0.25, -0.2) is 0 Å². The highest BCUT2D eigenvalue weighted by atomic mass is 32.1. The number of aliphatic carboxylic acids is 2. The van der Waals surface area contributed by atoms with Crippen LogP contribution in [-0.2, 0) is 16.0 Å². The number of alkyl halides is 1. The first-order chi connectivity index (χ1) is 20.5. The molecule has 0 saturated heterocycles. The van der Waals surface area contributed by atoms with Crippen LogP contribution in [0.25, 0.3) is 20.2 Å². The molecule has 0 spiro atoms. The van der Waals surface area contributed by atoms with Gasteiger partial charge in [0.05, 0.1) is 42.5 Å². The smallest absolute Gasteiger partial charge is 0.306 e. The third-order valence-electron chi connectivity index (χ3n) is 7.33. The zero-order chi connectivity index (χ0) is 31.3. The number of ketones is 2. The molecular weight excluding hydrogens is 595 g/mol. The summed E-state index contributed by atoms with van der Waals surface area (Å²) < 4.78 is 27.1. The summed E-state index contributed by atoms with van der Waals surface area (Å²) in [5, 5.41) is 19.7. The van der Waals surface area contributed by atoms with Crippen LogP contribution in [0, 0.1) is 5.92 Å². The van der Waals surface area contributed by atoms with Crippen LogP contribution in [0.15, 0.2) is 36.4 Å². The van der Waals surface area contributed by atoms with Gasteiger partial charge in [-0.2, -0.15) is 0 Å². The topological polar surface area (TPSA) is 127 Å². The molecule has 2 atom stereocenters. The van der Waals surface area contributed by atoms with Crippen molar-refractivity contribution < 1.29 is 43.3 Å². The number of rotatable bonds is 16. The molecule has 2 N–H and O–H groups in total. The SMILES string of the molecule is CCC(COc1cc2cc(C(=O)CCC(=O)O)sc2cc1CCF)c1cc2sc(C(=O)C[C@H](C)C(=O)O)cc2cc1OC. The summed E-state index contributed by atoms with van der Waals surface area (Å²) in [7, 11) is 1.57. The van der Waals surface area contributed by atoms with E-state index >= 15 is 0 Å². The number of carboxylic acids is 2. The first kappa shape index (κ1) is 32.1. The van der Waals surface area contributed by atoms with Crippen LogP contribution in [0.3, 0.4) is 0 Å². The lowest BCUT2D eigenvalue weighted by molar-refractivity contribution is -0.141. The van der Waals surface area contributed by atoms with E-state index in [2.05, 4.69) is 0 Å². The number of methoxy groups -OCH3 is 1. The van der Waals surface area contributed by atoms with Crippen LogP contribution in [-0.4, -0.2) is 54.1 Å². The van der Waals surface area contributed by atoms with Crippen molar-refractivity contribution in [3.05, 3.63) is 57.3 Å². The van der Waals surface area contributed by atoms with Crippen LogP contribution in [0.2, 0.25) is 0 Å². The van der Waals surface area contributed by atoms with E-state index in [9.17, 15) is 28.7 Å². The Morgan fingerprint density at radius 1 is 0.884 bits per heavy atom. The first-order valence-corrected chi connectivity index (χ1v) is 15.6. The van der Waals surface area contributed by atoms with Crippen molar-refractivity contribution in [1.29, 1.82) is 0 Å². The summed E-state index contributed by atoms with van der Waals surface area (Å²) in [6.45, 7) is 3.22. The van der Waals surface area contributed by atoms with Gasteiger partial charge in [0, 0.05) is 40.1 Å². The van der Waals surface area contributed by atoms with E-state index in [1.165, 1.54) is 29.6 Å². The van der Waals surface area contributed by atoms with Gasteiger partial charge in [-0.3, -0.25) is 23.6 Å². The summed E-state index contributed by atoms with van der Waals surface area (Å²) in [4.78, 5) is 48.2. The number of carbonyl (C=O) groups excluding carboxylic acids is 2. The third-order valence-corrected chi connectivity index (χ3v) is 9.61. The number of aryl methyl sites for hydroxylation is 1. The normalized spacial score (nSPS) is 12.7. The molecule has 43 heavy (non-hydrogen) atoms. The Labute approximate surface area is 256 Å². The Bertz CT molecular complexity index is 1670. The van der Waals surface area contributed by atoms with Crippen LogP contribution in [0.5, 0.6) is 11.5 Å². The quantitative estimate of drug-likeness (QED) is 0.122. The summed E-state index contributed by atoms with van der Waals surface area (Å²) in [5.41, 5.74) is 1.57. The lowest BCUT2D eigenvalue weighted by atomic mass is 9.95. The molecule has 4 aromatic rings. The van der Waals surface area contributed by atoms with Gasteiger partial charge in [-0.1, -0.05) is 13.8 Å². The van der Waals surface area contributed by atoms with Crippen LogP contribution in [0.1, 0.15) is 75.9 Å². The maximum Gasteiger partial charge on any atom is 0.306 e. The number of halogens is 1. The average molecular weight is 629 g/mol. The second kappa shape index (κ2) is 14.1. The second-order valence-corrected chi connectivity index (χ2v) is 12.6. The number of ether oxygens (including phenoxy) is 2. The highest BCUT2D eigenvalue weighted by Crippen LogP contribution is 2.39. The molecule has 2 aromatic heterocycles. The molecule has 0 aliphatic rings. The zero-order valence-electron chi connectivity index (χ0n) is 24.1. The highest BCUT2D eigenvalue weighted by Gasteiger charge is 2.22. The van der Waals surface area contributed by atoms with E-state index in [1.807, 2.05) is 25.1 Å². The minimum absolute atomic E-state index is 0.0781. The molecule has 0 saturated carbocycles. The minimum atomic E-state index is -1.03. The molecule has 2 aromatic carbocycles. The Balaban J connectivity index is 1.59. The minimum Gasteiger partial charge on any atom is -0.496 e. The van der Waals surface area contributed by atoms with E-state index in [4.69, 9.17) is 14.6 Å². The molecule has 0 aliphatic carbocycles. The number of Topliss-reactive ketones (excluding diaryl/α,β-unsaturated/α-hetero) is 2.